The number of hydrogen-bond donors (Lipinski definition) is 1. The molecule has 0 aromatic carbocycles. The predicted octanol–water partition coefficient (Wildman–Crippen LogP) is 0.857. The molecule has 2 heterocycles. The molecule has 6 nitrogen and oxygen atoms in total. The van der Waals surface area contributed by atoms with Crippen LogP contribution in [0.1, 0.15) is 25.6 Å². The van der Waals surface area contributed by atoms with E-state index in [0.29, 0.717) is 5.88 Å². The van der Waals surface area contributed by atoms with Gasteiger partial charge in [-0.3, -0.25) is 9.88 Å². The molecule has 1 aromatic heterocycles. The molecule has 20 heavy (non-hydrogen) atoms. The van der Waals surface area contributed by atoms with Crippen molar-refractivity contribution >= 4 is 0 Å². The molecule has 0 bridgehead atoms. The van der Waals surface area contributed by atoms with E-state index in [-0.39, 0.29) is 11.6 Å². The van der Waals surface area contributed by atoms with Gasteiger partial charge < -0.3 is 14.8 Å². The van der Waals surface area contributed by atoms with E-state index >= 15 is 0 Å². The third-order valence-electron chi connectivity index (χ3n) is 3.98. The summed E-state index contributed by atoms with van der Waals surface area (Å²) in [4.78, 5) is 11.2. The smallest absolute Gasteiger partial charge is 0.237 e. The molecular formula is C14H24N4O2. The van der Waals surface area contributed by atoms with E-state index in [0.717, 1.165) is 32.0 Å². The molecule has 1 atom stereocenters. The number of likely N-dealkylation sites (N-methyl/N-ethyl adjacent to an activating group) is 1. The molecule has 1 N–H and O–H groups in total. The van der Waals surface area contributed by atoms with Gasteiger partial charge in [-0.15, -0.1) is 0 Å². The summed E-state index contributed by atoms with van der Waals surface area (Å²) in [5, 5.41) is 3.37. The molecule has 0 amide bonds. The second-order valence-electron chi connectivity index (χ2n) is 5.43. The van der Waals surface area contributed by atoms with Crippen LogP contribution in [0.2, 0.25) is 0 Å². The fourth-order valence-electron chi connectivity index (χ4n) is 2.84. The number of morpholine rings is 1. The SMILES string of the molecule is CNC(c1nccnc1OC)C(C)(C)N1CCOCC1. The summed E-state index contributed by atoms with van der Waals surface area (Å²) in [7, 11) is 3.57. The Morgan fingerprint density at radius 1 is 1.30 bits per heavy atom. The van der Waals surface area contributed by atoms with Crippen molar-refractivity contribution in [1.82, 2.24) is 20.2 Å². The van der Waals surface area contributed by atoms with Crippen molar-refractivity contribution in [2.24, 2.45) is 0 Å². The monoisotopic (exact) mass is 280 g/mol. The molecule has 0 aliphatic carbocycles. The number of ether oxygens (including phenoxy) is 2. The topological polar surface area (TPSA) is 59.5 Å². The number of nitrogens with one attached hydrogen (secondary N) is 1. The molecule has 1 aromatic rings. The van der Waals surface area contributed by atoms with Gasteiger partial charge in [0.25, 0.3) is 0 Å². The van der Waals surface area contributed by atoms with E-state index in [1.54, 1.807) is 19.5 Å². The molecule has 1 saturated heterocycles. The molecule has 2 rings (SSSR count). The molecule has 6 heteroatoms. The van der Waals surface area contributed by atoms with Crippen molar-refractivity contribution < 1.29 is 9.47 Å². The highest BCUT2D eigenvalue weighted by Crippen LogP contribution is 2.33. The fourth-order valence-corrected chi connectivity index (χ4v) is 2.84. The van der Waals surface area contributed by atoms with Crippen LogP contribution in [0.4, 0.5) is 0 Å². The Morgan fingerprint density at radius 2 is 1.95 bits per heavy atom. The average molecular weight is 280 g/mol. The fraction of sp³-hybridized carbons (Fsp3) is 0.714. The first-order valence-electron chi connectivity index (χ1n) is 6.96. The third-order valence-corrected chi connectivity index (χ3v) is 3.98. The van der Waals surface area contributed by atoms with E-state index < -0.39 is 0 Å². The first-order valence-corrected chi connectivity index (χ1v) is 6.96. The zero-order valence-electron chi connectivity index (χ0n) is 12.7. The Labute approximate surface area is 120 Å². The Hall–Kier alpha value is -1.24. The minimum Gasteiger partial charge on any atom is -0.480 e. The third kappa shape index (κ3) is 2.92. The van der Waals surface area contributed by atoms with Gasteiger partial charge in [-0.05, 0) is 20.9 Å². The summed E-state index contributed by atoms with van der Waals surface area (Å²) in [6.45, 7) is 7.83. The second kappa shape index (κ2) is 6.47. The predicted molar refractivity (Wildman–Crippen MR) is 76.9 cm³/mol. The van der Waals surface area contributed by atoms with Crippen molar-refractivity contribution in [1.29, 1.82) is 0 Å². The Morgan fingerprint density at radius 3 is 2.55 bits per heavy atom. The van der Waals surface area contributed by atoms with E-state index in [1.807, 2.05) is 7.05 Å². The van der Waals surface area contributed by atoms with Crippen molar-refractivity contribution in [3.63, 3.8) is 0 Å². The van der Waals surface area contributed by atoms with Gasteiger partial charge in [0.05, 0.1) is 26.4 Å². The van der Waals surface area contributed by atoms with Crippen molar-refractivity contribution in [3.05, 3.63) is 18.1 Å². The summed E-state index contributed by atoms with van der Waals surface area (Å²) in [5.41, 5.74) is 0.732. The van der Waals surface area contributed by atoms with Gasteiger partial charge in [-0.1, -0.05) is 0 Å². The normalized spacial score (nSPS) is 18.8. The average Bonchev–Trinajstić information content (AvgIpc) is 2.49. The number of methoxy groups -OCH3 is 1. The standard InChI is InChI=1S/C14H24N4O2/c1-14(2,18-7-9-20-10-8-18)12(15-3)11-13(19-4)17-6-5-16-11/h5-6,12,15H,7-10H2,1-4H3. The van der Waals surface area contributed by atoms with Gasteiger partial charge in [0.15, 0.2) is 0 Å². The Bertz CT molecular complexity index is 433. The van der Waals surface area contributed by atoms with Crippen LogP contribution in [-0.4, -0.2) is 60.9 Å². The largest absolute Gasteiger partial charge is 0.480 e. The van der Waals surface area contributed by atoms with Crippen molar-refractivity contribution in [3.8, 4) is 5.88 Å². The zero-order chi connectivity index (χ0) is 14.6. The van der Waals surface area contributed by atoms with Crippen molar-refractivity contribution in [2.45, 2.75) is 25.4 Å². The number of hydrogen-bond acceptors (Lipinski definition) is 6. The molecule has 1 fully saturated rings. The van der Waals surface area contributed by atoms with Crippen LogP contribution in [0, 0.1) is 0 Å². The lowest BCUT2D eigenvalue weighted by molar-refractivity contribution is -0.0237. The van der Waals surface area contributed by atoms with Gasteiger partial charge >= 0.3 is 0 Å². The van der Waals surface area contributed by atoms with Gasteiger partial charge in [-0.2, -0.15) is 0 Å². The highest BCUT2D eigenvalue weighted by atomic mass is 16.5. The number of aromatic nitrogens is 2. The van der Waals surface area contributed by atoms with Gasteiger partial charge in [0, 0.05) is 31.0 Å². The van der Waals surface area contributed by atoms with E-state index in [2.05, 4.69) is 34.0 Å². The molecule has 112 valence electrons. The van der Waals surface area contributed by atoms with E-state index in [4.69, 9.17) is 9.47 Å². The van der Waals surface area contributed by atoms with Crippen LogP contribution in [0.5, 0.6) is 5.88 Å². The van der Waals surface area contributed by atoms with Gasteiger partial charge in [0.2, 0.25) is 5.88 Å². The number of rotatable bonds is 5. The molecule has 0 spiro atoms. The van der Waals surface area contributed by atoms with Crippen LogP contribution < -0.4 is 10.1 Å². The van der Waals surface area contributed by atoms with Gasteiger partial charge in [0.1, 0.15) is 5.69 Å². The van der Waals surface area contributed by atoms with Gasteiger partial charge in [-0.25, -0.2) is 4.98 Å². The van der Waals surface area contributed by atoms with Crippen LogP contribution >= 0.6 is 0 Å². The van der Waals surface area contributed by atoms with Crippen LogP contribution in [0.3, 0.4) is 0 Å². The Balaban J connectivity index is 2.30. The first-order chi connectivity index (χ1) is 9.61. The minimum atomic E-state index is -0.109. The lowest BCUT2D eigenvalue weighted by atomic mass is 9.89. The molecule has 1 unspecified atom stereocenters. The zero-order valence-corrected chi connectivity index (χ0v) is 12.7. The maximum atomic E-state index is 5.44. The van der Waals surface area contributed by atoms with E-state index in [1.165, 1.54) is 0 Å². The van der Waals surface area contributed by atoms with Crippen LogP contribution in [-0.2, 0) is 4.74 Å². The minimum absolute atomic E-state index is 0.0317. The molecule has 0 saturated carbocycles. The summed E-state index contributed by atoms with van der Waals surface area (Å²) in [6.07, 6.45) is 3.36. The van der Waals surface area contributed by atoms with Crippen LogP contribution in [0.15, 0.2) is 12.4 Å². The molecule has 1 aliphatic rings. The van der Waals surface area contributed by atoms with Crippen molar-refractivity contribution in [2.75, 3.05) is 40.5 Å². The second-order valence-corrected chi connectivity index (χ2v) is 5.43. The summed E-state index contributed by atoms with van der Waals surface area (Å²) >= 11 is 0. The quantitative estimate of drug-likeness (QED) is 0.863. The summed E-state index contributed by atoms with van der Waals surface area (Å²) < 4.78 is 10.8. The van der Waals surface area contributed by atoms with Crippen LogP contribution in [0.25, 0.3) is 0 Å². The molecular weight excluding hydrogens is 256 g/mol. The highest BCUT2D eigenvalue weighted by Gasteiger charge is 2.38. The summed E-state index contributed by atoms with van der Waals surface area (Å²) in [5.74, 6) is 0.577. The molecule has 1 aliphatic heterocycles. The lowest BCUT2D eigenvalue weighted by Crippen LogP contribution is -2.56. The maximum Gasteiger partial charge on any atom is 0.237 e. The van der Waals surface area contributed by atoms with E-state index in [9.17, 15) is 0 Å². The number of nitrogens with zero attached hydrogens (tertiary/aromatic N) is 3. The highest BCUT2D eigenvalue weighted by molar-refractivity contribution is 5.24. The maximum absolute atomic E-state index is 5.44. The Kier molecular flexibility index (Phi) is 4.91. The molecule has 0 radical (unpaired) electrons. The first kappa shape index (κ1) is 15.2. The lowest BCUT2D eigenvalue weighted by Gasteiger charge is -2.45. The summed E-state index contributed by atoms with van der Waals surface area (Å²) in [6, 6.07) is 0.0317.